The fraction of sp³-hybridized carbons (Fsp3) is 0.200. The Labute approximate surface area is 111 Å². The number of hydrogen-bond acceptors (Lipinski definition) is 3. The lowest BCUT2D eigenvalue weighted by Gasteiger charge is -2.10. The second-order valence-corrected chi connectivity index (χ2v) is 4.14. The third kappa shape index (κ3) is 3.23. The van der Waals surface area contributed by atoms with Gasteiger partial charge in [-0.2, -0.15) is 0 Å². The van der Waals surface area contributed by atoms with Crippen molar-refractivity contribution in [3.05, 3.63) is 53.8 Å². The average molecular weight is 262 g/mol. The zero-order valence-electron chi connectivity index (χ0n) is 10.8. The number of hydrogen-bond donors (Lipinski definition) is 1. The summed E-state index contributed by atoms with van der Waals surface area (Å²) in [5.74, 6) is 0.838. The molecule has 0 radical (unpaired) electrons. The van der Waals surface area contributed by atoms with Crippen molar-refractivity contribution in [2.24, 2.45) is 0 Å². The predicted octanol–water partition coefficient (Wildman–Crippen LogP) is 3.68. The average Bonchev–Trinajstić information content (AvgIpc) is 2.41. The van der Waals surface area contributed by atoms with Crippen LogP contribution in [-0.2, 0) is 0 Å². The van der Waals surface area contributed by atoms with E-state index in [-0.39, 0.29) is 5.75 Å². The predicted molar refractivity (Wildman–Crippen MR) is 70.1 cm³/mol. The lowest BCUT2D eigenvalue weighted by Crippen LogP contribution is -1.94. The Kier molecular flexibility index (Phi) is 4.02. The van der Waals surface area contributed by atoms with Crippen molar-refractivity contribution < 1.29 is 19.0 Å². The van der Waals surface area contributed by atoms with Crippen LogP contribution >= 0.6 is 0 Å². The maximum absolute atomic E-state index is 13.8. The Morgan fingerprint density at radius 1 is 1.05 bits per heavy atom. The minimum absolute atomic E-state index is 0.120. The Morgan fingerprint density at radius 2 is 1.68 bits per heavy atom. The van der Waals surface area contributed by atoms with Crippen LogP contribution in [0.25, 0.3) is 0 Å². The van der Waals surface area contributed by atoms with Gasteiger partial charge in [-0.15, -0.1) is 0 Å². The molecule has 2 aromatic rings. The first-order chi connectivity index (χ1) is 9.10. The summed E-state index contributed by atoms with van der Waals surface area (Å²) in [7, 11) is 1.57. The van der Waals surface area contributed by atoms with Gasteiger partial charge in [0.25, 0.3) is 0 Å². The molecule has 0 heterocycles. The van der Waals surface area contributed by atoms with E-state index in [9.17, 15) is 9.50 Å². The summed E-state index contributed by atoms with van der Waals surface area (Å²) in [6.45, 7) is 1.58. The molecule has 100 valence electrons. The van der Waals surface area contributed by atoms with E-state index in [1.54, 1.807) is 44.4 Å². The summed E-state index contributed by atoms with van der Waals surface area (Å²) >= 11 is 0. The molecule has 0 saturated heterocycles. The lowest BCUT2D eigenvalue weighted by molar-refractivity contribution is 0.198. The standard InChI is InChI=1S/C15H15FO3/c1-10(17)11-3-8-15(14(16)9-11)19-13-6-4-12(18-2)5-7-13/h3-10,17H,1-2H3/t10-/m0/s1. The van der Waals surface area contributed by atoms with Gasteiger partial charge < -0.3 is 14.6 Å². The number of aliphatic hydroxyl groups is 1. The Morgan fingerprint density at radius 3 is 2.21 bits per heavy atom. The molecule has 0 fully saturated rings. The van der Waals surface area contributed by atoms with Gasteiger partial charge in [0, 0.05) is 0 Å². The topological polar surface area (TPSA) is 38.7 Å². The molecule has 0 saturated carbocycles. The van der Waals surface area contributed by atoms with E-state index in [0.29, 0.717) is 17.1 Å². The van der Waals surface area contributed by atoms with Crippen molar-refractivity contribution >= 4 is 0 Å². The maximum Gasteiger partial charge on any atom is 0.166 e. The van der Waals surface area contributed by atoms with Crippen LogP contribution in [0, 0.1) is 5.82 Å². The largest absolute Gasteiger partial charge is 0.497 e. The Bertz CT molecular complexity index is 550. The minimum Gasteiger partial charge on any atom is -0.497 e. The zero-order valence-corrected chi connectivity index (χ0v) is 10.8. The quantitative estimate of drug-likeness (QED) is 0.913. The van der Waals surface area contributed by atoms with E-state index in [4.69, 9.17) is 9.47 Å². The van der Waals surface area contributed by atoms with Crippen molar-refractivity contribution in [2.45, 2.75) is 13.0 Å². The van der Waals surface area contributed by atoms with Crippen LogP contribution in [0.5, 0.6) is 17.2 Å². The SMILES string of the molecule is COc1ccc(Oc2ccc([C@H](C)O)cc2F)cc1. The second-order valence-electron chi connectivity index (χ2n) is 4.14. The van der Waals surface area contributed by atoms with Gasteiger partial charge in [0.15, 0.2) is 11.6 Å². The monoisotopic (exact) mass is 262 g/mol. The molecular weight excluding hydrogens is 247 g/mol. The zero-order chi connectivity index (χ0) is 13.8. The Hall–Kier alpha value is -2.07. The number of rotatable bonds is 4. The first kappa shape index (κ1) is 13.4. The van der Waals surface area contributed by atoms with E-state index in [0.717, 1.165) is 0 Å². The maximum atomic E-state index is 13.8. The normalized spacial score (nSPS) is 12.0. The van der Waals surface area contributed by atoms with Crippen LogP contribution in [0.3, 0.4) is 0 Å². The molecule has 0 unspecified atom stereocenters. The molecule has 19 heavy (non-hydrogen) atoms. The smallest absolute Gasteiger partial charge is 0.166 e. The molecule has 0 bridgehead atoms. The molecule has 0 amide bonds. The van der Waals surface area contributed by atoms with Gasteiger partial charge in [0.05, 0.1) is 13.2 Å². The molecule has 0 aliphatic carbocycles. The summed E-state index contributed by atoms with van der Waals surface area (Å²) in [5.41, 5.74) is 0.514. The summed E-state index contributed by atoms with van der Waals surface area (Å²) in [6.07, 6.45) is -0.704. The van der Waals surface area contributed by atoms with Crippen LogP contribution in [0.4, 0.5) is 4.39 Å². The molecule has 0 aliphatic heterocycles. The molecule has 2 aromatic carbocycles. The van der Waals surface area contributed by atoms with Crippen LogP contribution in [0.1, 0.15) is 18.6 Å². The summed E-state index contributed by atoms with van der Waals surface area (Å²) < 4.78 is 24.2. The van der Waals surface area contributed by atoms with Crippen molar-refractivity contribution in [3.8, 4) is 17.2 Å². The molecule has 1 N–H and O–H groups in total. The number of ether oxygens (including phenoxy) is 2. The highest BCUT2D eigenvalue weighted by atomic mass is 19.1. The summed E-state index contributed by atoms with van der Waals surface area (Å²) in [6, 6.07) is 11.3. The molecule has 2 rings (SSSR count). The van der Waals surface area contributed by atoms with Crippen molar-refractivity contribution in [1.29, 1.82) is 0 Å². The molecule has 3 nitrogen and oxygen atoms in total. The van der Waals surface area contributed by atoms with Crippen molar-refractivity contribution in [2.75, 3.05) is 7.11 Å². The molecular formula is C15H15FO3. The van der Waals surface area contributed by atoms with Crippen LogP contribution in [0.2, 0.25) is 0 Å². The van der Waals surface area contributed by atoms with E-state index < -0.39 is 11.9 Å². The van der Waals surface area contributed by atoms with Crippen LogP contribution in [0.15, 0.2) is 42.5 Å². The van der Waals surface area contributed by atoms with Crippen molar-refractivity contribution in [3.63, 3.8) is 0 Å². The molecule has 0 aromatic heterocycles. The number of methoxy groups -OCH3 is 1. The van der Waals surface area contributed by atoms with Gasteiger partial charge in [-0.25, -0.2) is 4.39 Å². The van der Waals surface area contributed by atoms with E-state index >= 15 is 0 Å². The van der Waals surface area contributed by atoms with E-state index in [1.165, 1.54) is 12.1 Å². The fourth-order valence-electron chi connectivity index (χ4n) is 1.63. The van der Waals surface area contributed by atoms with Gasteiger partial charge in [-0.1, -0.05) is 6.07 Å². The molecule has 1 atom stereocenters. The second kappa shape index (κ2) is 5.71. The van der Waals surface area contributed by atoms with E-state index in [1.807, 2.05) is 0 Å². The third-order valence-electron chi connectivity index (χ3n) is 2.73. The first-order valence-electron chi connectivity index (χ1n) is 5.89. The summed E-state index contributed by atoms with van der Waals surface area (Å²) in [4.78, 5) is 0. The van der Waals surface area contributed by atoms with Gasteiger partial charge in [-0.05, 0) is 48.9 Å². The highest BCUT2D eigenvalue weighted by Crippen LogP contribution is 2.28. The third-order valence-corrected chi connectivity index (χ3v) is 2.73. The lowest BCUT2D eigenvalue weighted by atomic mass is 10.1. The minimum atomic E-state index is -0.704. The van der Waals surface area contributed by atoms with Gasteiger partial charge in [0.2, 0.25) is 0 Å². The highest BCUT2D eigenvalue weighted by Gasteiger charge is 2.08. The Balaban J connectivity index is 2.18. The first-order valence-corrected chi connectivity index (χ1v) is 5.89. The fourth-order valence-corrected chi connectivity index (χ4v) is 1.63. The molecule has 0 aliphatic rings. The number of halogens is 1. The molecule has 4 heteroatoms. The highest BCUT2D eigenvalue weighted by molar-refractivity contribution is 5.37. The number of benzene rings is 2. The van der Waals surface area contributed by atoms with Crippen molar-refractivity contribution in [1.82, 2.24) is 0 Å². The van der Waals surface area contributed by atoms with Gasteiger partial charge in [0.1, 0.15) is 11.5 Å². The summed E-state index contributed by atoms with van der Waals surface area (Å²) in [5, 5.41) is 9.37. The molecule has 0 spiro atoms. The van der Waals surface area contributed by atoms with Crippen LogP contribution < -0.4 is 9.47 Å². The van der Waals surface area contributed by atoms with Gasteiger partial charge in [-0.3, -0.25) is 0 Å². The van der Waals surface area contributed by atoms with Crippen LogP contribution in [-0.4, -0.2) is 12.2 Å². The van der Waals surface area contributed by atoms with Gasteiger partial charge >= 0.3 is 0 Å². The number of aliphatic hydroxyl groups excluding tert-OH is 1. The van der Waals surface area contributed by atoms with E-state index in [2.05, 4.69) is 0 Å².